The number of hydrogen-bond donors (Lipinski definition) is 1. The van der Waals surface area contributed by atoms with Crippen molar-refractivity contribution in [1.82, 2.24) is 10.3 Å². The second kappa shape index (κ2) is 6.82. The SMILES string of the molecule is CCNC(c1ccc(Cl)cc1F)c1ncccc1CC. The number of rotatable bonds is 5. The van der Waals surface area contributed by atoms with Crippen molar-refractivity contribution in [3.8, 4) is 0 Å². The molecule has 0 bridgehead atoms. The average Bonchev–Trinajstić information content (AvgIpc) is 2.45. The molecule has 1 N–H and O–H groups in total. The Morgan fingerprint density at radius 3 is 2.75 bits per heavy atom. The summed E-state index contributed by atoms with van der Waals surface area (Å²) in [6.45, 7) is 4.80. The molecular weight excluding hydrogens is 275 g/mol. The van der Waals surface area contributed by atoms with Crippen LogP contribution in [0.5, 0.6) is 0 Å². The van der Waals surface area contributed by atoms with Crippen LogP contribution < -0.4 is 5.32 Å². The van der Waals surface area contributed by atoms with E-state index in [1.165, 1.54) is 6.07 Å². The number of benzene rings is 1. The number of pyridine rings is 1. The lowest BCUT2D eigenvalue weighted by atomic mass is 9.97. The molecule has 0 aliphatic rings. The molecule has 0 amide bonds. The summed E-state index contributed by atoms with van der Waals surface area (Å²) in [7, 11) is 0. The Labute approximate surface area is 124 Å². The summed E-state index contributed by atoms with van der Waals surface area (Å²) >= 11 is 5.83. The third-order valence-electron chi connectivity index (χ3n) is 3.26. The van der Waals surface area contributed by atoms with Crippen molar-refractivity contribution in [3.05, 3.63) is 64.2 Å². The molecule has 0 aliphatic carbocycles. The van der Waals surface area contributed by atoms with Crippen molar-refractivity contribution in [2.75, 3.05) is 6.54 Å². The number of nitrogens with one attached hydrogen (secondary N) is 1. The monoisotopic (exact) mass is 292 g/mol. The fourth-order valence-corrected chi connectivity index (χ4v) is 2.46. The maximum Gasteiger partial charge on any atom is 0.129 e. The van der Waals surface area contributed by atoms with E-state index in [2.05, 4.69) is 17.2 Å². The first-order valence-corrected chi connectivity index (χ1v) is 7.17. The van der Waals surface area contributed by atoms with Crippen LogP contribution in [0.15, 0.2) is 36.5 Å². The quantitative estimate of drug-likeness (QED) is 0.896. The van der Waals surface area contributed by atoms with Gasteiger partial charge in [0.15, 0.2) is 0 Å². The number of halogens is 2. The molecular formula is C16H18ClFN2. The highest BCUT2D eigenvalue weighted by Crippen LogP contribution is 2.27. The number of nitrogens with zero attached hydrogens (tertiary/aromatic N) is 1. The van der Waals surface area contributed by atoms with Crippen molar-refractivity contribution in [3.63, 3.8) is 0 Å². The summed E-state index contributed by atoms with van der Waals surface area (Å²) in [5.41, 5.74) is 2.57. The molecule has 1 heterocycles. The van der Waals surface area contributed by atoms with Gasteiger partial charge >= 0.3 is 0 Å². The van der Waals surface area contributed by atoms with Gasteiger partial charge in [-0.3, -0.25) is 4.98 Å². The van der Waals surface area contributed by atoms with Crippen LogP contribution in [-0.4, -0.2) is 11.5 Å². The first-order valence-electron chi connectivity index (χ1n) is 6.79. The molecule has 4 heteroatoms. The van der Waals surface area contributed by atoms with Crippen molar-refractivity contribution in [2.45, 2.75) is 26.3 Å². The van der Waals surface area contributed by atoms with Crippen LogP contribution in [0.1, 0.15) is 36.7 Å². The topological polar surface area (TPSA) is 24.9 Å². The van der Waals surface area contributed by atoms with Gasteiger partial charge in [-0.25, -0.2) is 4.39 Å². The number of aryl methyl sites for hydroxylation is 1. The van der Waals surface area contributed by atoms with E-state index < -0.39 is 0 Å². The summed E-state index contributed by atoms with van der Waals surface area (Å²) in [5, 5.41) is 3.71. The van der Waals surface area contributed by atoms with Crippen LogP contribution in [0, 0.1) is 5.82 Å². The molecule has 0 saturated heterocycles. The van der Waals surface area contributed by atoms with Gasteiger partial charge < -0.3 is 5.32 Å². The lowest BCUT2D eigenvalue weighted by Gasteiger charge is -2.21. The third-order valence-corrected chi connectivity index (χ3v) is 3.50. The second-order valence-corrected chi connectivity index (χ2v) is 4.99. The molecule has 0 aliphatic heterocycles. The van der Waals surface area contributed by atoms with E-state index in [4.69, 9.17) is 11.6 Å². The van der Waals surface area contributed by atoms with E-state index in [9.17, 15) is 4.39 Å². The van der Waals surface area contributed by atoms with Gasteiger partial charge in [0.2, 0.25) is 0 Å². The van der Waals surface area contributed by atoms with E-state index in [-0.39, 0.29) is 11.9 Å². The van der Waals surface area contributed by atoms with Gasteiger partial charge in [0, 0.05) is 16.8 Å². The first-order chi connectivity index (χ1) is 9.67. The van der Waals surface area contributed by atoms with Gasteiger partial charge in [0.05, 0.1) is 11.7 Å². The van der Waals surface area contributed by atoms with E-state index in [1.807, 2.05) is 19.1 Å². The van der Waals surface area contributed by atoms with Crippen LogP contribution in [0.4, 0.5) is 4.39 Å². The zero-order valence-electron chi connectivity index (χ0n) is 11.7. The van der Waals surface area contributed by atoms with Crippen molar-refractivity contribution < 1.29 is 4.39 Å². The molecule has 0 spiro atoms. The Morgan fingerprint density at radius 2 is 2.10 bits per heavy atom. The van der Waals surface area contributed by atoms with Crippen LogP contribution in [0.3, 0.4) is 0 Å². The largest absolute Gasteiger partial charge is 0.305 e. The zero-order valence-corrected chi connectivity index (χ0v) is 12.4. The van der Waals surface area contributed by atoms with E-state index >= 15 is 0 Å². The third kappa shape index (κ3) is 3.17. The summed E-state index contributed by atoms with van der Waals surface area (Å²) in [5.74, 6) is -0.309. The lowest BCUT2D eigenvalue weighted by molar-refractivity contribution is 0.549. The standard InChI is InChI=1S/C16H18ClFN2/c1-3-11-6-5-9-20-15(11)16(19-4-2)13-8-7-12(17)10-14(13)18/h5-10,16,19H,3-4H2,1-2H3. The average molecular weight is 293 g/mol. The fraction of sp³-hybridized carbons (Fsp3) is 0.312. The highest BCUT2D eigenvalue weighted by Gasteiger charge is 2.20. The van der Waals surface area contributed by atoms with Gasteiger partial charge in [-0.1, -0.05) is 37.6 Å². The highest BCUT2D eigenvalue weighted by molar-refractivity contribution is 6.30. The summed E-state index contributed by atoms with van der Waals surface area (Å²) in [6, 6.07) is 8.45. The smallest absolute Gasteiger partial charge is 0.129 e. The minimum absolute atomic E-state index is 0.256. The molecule has 1 atom stereocenters. The highest BCUT2D eigenvalue weighted by atomic mass is 35.5. The molecule has 106 valence electrons. The summed E-state index contributed by atoms with van der Waals surface area (Å²) in [4.78, 5) is 4.45. The van der Waals surface area contributed by atoms with E-state index in [0.29, 0.717) is 10.6 Å². The Hall–Kier alpha value is -1.45. The Balaban J connectivity index is 2.50. The maximum absolute atomic E-state index is 14.2. The molecule has 2 nitrogen and oxygen atoms in total. The molecule has 0 fully saturated rings. The van der Waals surface area contributed by atoms with E-state index in [0.717, 1.165) is 24.2 Å². The fourth-order valence-electron chi connectivity index (χ4n) is 2.30. The van der Waals surface area contributed by atoms with Crippen LogP contribution >= 0.6 is 11.6 Å². The molecule has 2 aromatic rings. The summed E-state index contributed by atoms with van der Waals surface area (Å²) in [6.07, 6.45) is 2.60. The molecule has 0 saturated carbocycles. The Kier molecular flexibility index (Phi) is 5.10. The minimum Gasteiger partial charge on any atom is -0.305 e. The molecule has 0 radical (unpaired) electrons. The lowest BCUT2D eigenvalue weighted by Crippen LogP contribution is -2.25. The number of hydrogen-bond acceptors (Lipinski definition) is 2. The van der Waals surface area contributed by atoms with Crippen molar-refractivity contribution >= 4 is 11.6 Å². The Morgan fingerprint density at radius 1 is 1.30 bits per heavy atom. The van der Waals surface area contributed by atoms with Gasteiger partial charge in [0.25, 0.3) is 0 Å². The molecule has 20 heavy (non-hydrogen) atoms. The van der Waals surface area contributed by atoms with Gasteiger partial charge in [0.1, 0.15) is 5.82 Å². The van der Waals surface area contributed by atoms with Crippen molar-refractivity contribution in [2.24, 2.45) is 0 Å². The molecule has 1 aromatic heterocycles. The number of aromatic nitrogens is 1. The predicted molar refractivity (Wildman–Crippen MR) is 80.5 cm³/mol. The Bertz CT molecular complexity index is 586. The predicted octanol–water partition coefficient (Wildman–Crippen LogP) is 4.14. The molecule has 2 rings (SSSR count). The molecule has 1 unspecified atom stereocenters. The normalized spacial score (nSPS) is 12.4. The van der Waals surface area contributed by atoms with Crippen LogP contribution in [-0.2, 0) is 6.42 Å². The summed E-state index contributed by atoms with van der Waals surface area (Å²) < 4.78 is 14.2. The second-order valence-electron chi connectivity index (χ2n) is 4.56. The van der Waals surface area contributed by atoms with Crippen LogP contribution in [0.2, 0.25) is 5.02 Å². The minimum atomic E-state index is -0.309. The first kappa shape index (κ1) is 14.9. The zero-order chi connectivity index (χ0) is 14.5. The maximum atomic E-state index is 14.2. The van der Waals surface area contributed by atoms with Gasteiger partial charge in [-0.05, 0) is 36.7 Å². The van der Waals surface area contributed by atoms with E-state index in [1.54, 1.807) is 18.3 Å². The van der Waals surface area contributed by atoms with Crippen molar-refractivity contribution in [1.29, 1.82) is 0 Å². The van der Waals surface area contributed by atoms with Gasteiger partial charge in [-0.2, -0.15) is 0 Å². The van der Waals surface area contributed by atoms with Gasteiger partial charge in [-0.15, -0.1) is 0 Å². The molecule has 1 aromatic carbocycles. The van der Waals surface area contributed by atoms with Crippen LogP contribution in [0.25, 0.3) is 0 Å².